The lowest BCUT2D eigenvalue weighted by atomic mass is 9.49. The summed E-state index contributed by atoms with van der Waals surface area (Å²) in [7, 11) is 1.67. The van der Waals surface area contributed by atoms with Crippen LogP contribution in [0.3, 0.4) is 0 Å². The molecular weight excluding hydrogens is 330 g/mol. The molecule has 0 N–H and O–H groups in total. The van der Waals surface area contributed by atoms with Crippen molar-refractivity contribution in [1.82, 2.24) is 0 Å². The molecule has 5 heteroatoms. The van der Waals surface area contributed by atoms with Gasteiger partial charge >= 0.3 is 0 Å². The number of benzene rings is 1. The molecule has 136 valence electrons. The highest BCUT2D eigenvalue weighted by atomic mass is 16.6. The lowest BCUT2D eigenvalue weighted by Gasteiger charge is -2.60. The van der Waals surface area contributed by atoms with E-state index in [0.29, 0.717) is 12.5 Å². The van der Waals surface area contributed by atoms with E-state index in [1.807, 2.05) is 12.1 Å². The number of Topliss-reactive ketones (excluding diaryl/α,β-unsaturated/α-hetero) is 1. The maximum atomic E-state index is 13.0. The number of rotatable bonds is 3. The molecule has 4 bridgehead atoms. The summed E-state index contributed by atoms with van der Waals surface area (Å²) in [5, 5.41) is 0. The Morgan fingerprint density at radius 1 is 1.42 bits per heavy atom. The molecule has 2 saturated heterocycles. The van der Waals surface area contributed by atoms with Crippen LogP contribution in [-0.4, -0.2) is 54.9 Å². The number of ether oxygens (including phenoxy) is 3. The molecule has 3 heterocycles. The highest BCUT2D eigenvalue weighted by molar-refractivity contribution is 5.90. The van der Waals surface area contributed by atoms with Gasteiger partial charge in [0.25, 0.3) is 0 Å². The molecule has 0 aromatic heterocycles. The van der Waals surface area contributed by atoms with E-state index >= 15 is 0 Å². The second-order valence-electron chi connectivity index (χ2n) is 8.61. The lowest BCUT2D eigenvalue weighted by Crippen LogP contribution is -2.77. The fraction of sp³-hybridized carbons (Fsp3) is 0.571. The Hall–Kier alpha value is -1.85. The van der Waals surface area contributed by atoms with Crippen molar-refractivity contribution in [2.24, 2.45) is 0 Å². The molecular formula is C21H24NO4+. The first-order chi connectivity index (χ1) is 12.6. The van der Waals surface area contributed by atoms with Crippen molar-refractivity contribution in [1.29, 1.82) is 0 Å². The number of quaternary nitrogens is 1. The van der Waals surface area contributed by atoms with Crippen LogP contribution < -0.4 is 9.47 Å². The summed E-state index contributed by atoms with van der Waals surface area (Å²) in [6, 6.07) is 4.55. The predicted octanol–water partition coefficient (Wildman–Crippen LogP) is 2.11. The molecule has 5 nitrogen and oxygen atoms in total. The van der Waals surface area contributed by atoms with Gasteiger partial charge in [0.05, 0.1) is 25.6 Å². The molecule has 3 aliphatic heterocycles. The molecule has 2 aliphatic carbocycles. The zero-order chi connectivity index (χ0) is 17.7. The molecule has 2 spiro atoms. The average molecular weight is 354 g/mol. The van der Waals surface area contributed by atoms with Crippen LogP contribution in [0.1, 0.15) is 30.4 Å². The van der Waals surface area contributed by atoms with Gasteiger partial charge in [0.1, 0.15) is 11.6 Å². The van der Waals surface area contributed by atoms with Gasteiger partial charge in [0, 0.05) is 24.8 Å². The fourth-order valence-electron chi connectivity index (χ4n) is 7.05. The second-order valence-corrected chi connectivity index (χ2v) is 8.61. The van der Waals surface area contributed by atoms with Crippen molar-refractivity contribution in [3.8, 4) is 11.5 Å². The van der Waals surface area contributed by atoms with Crippen molar-refractivity contribution < 1.29 is 23.5 Å². The molecule has 26 heavy (non-hydrogen) atoms. The summed E-state index contributed by atoms with van der Waals surface area (Å²) in [5.41, 5.74) is 1.89. The zero-order valence-electron chi connectivity index (χ0n) is 15.1. The third-order valence-corrected chi connectivity index (χ3v) is 7.98. The van der Waals surface area contributed by atoms with Gasteiger partial charge in [-0.05, 0) is 24.1 Å². The summed E-state index contributed by atoms with van der Waals surface area (Å²) < 4.78 is 19.6. The van der Waals surface area contributed by atoms with Gasteiger partial charge in [-0.2, -0.15) is 0 Å². The molecule has 5 aliphatic rings. The monoisotopic (exact) mass is 354 g/mol. The predicted molar refractivity (Wildman–Crippen MR) is 94.3 cm³/mol. The van der Waals surface area contributed by atoms with Gasteiger partial charge < -0.3 is 14.2 Å². The Kier molecular flexibility index (Phi) is 2.65. The topological polar surface area (TPSA) is 44.8 Å². The van der Waals surface area contributed by atoms with Crippen LogP contribution in [0.5, 0.6) is 11.5 Å². The minimum Gasteiger partial charge on any atom is -0.493 e. The zero-order valence-corrected chi connectivity index (χ0v) is 15.1. The second kappa shape index (κ2) is 4.52. The van der Waals surface area contributed by atoms with E-state index in [-0.39, 0.29) is 16.8 Å². The fourth-order valence-corrected chi connectivity index (χ4v) is 7.05. The van der Waals surface area contributed by atoms with Gasteiger partial charge in [-0.25, -0.2) is 0 Å². The van der Waals surface area contributed by atoms with Crippen LogP contribution in [0, 0.1) is 0 Å². The van der Waals surface area contributed by atoms with E-state index in [0.717, 1.165) is 55.1 Å². The van der Waals surface area contributed by atoms with Crippen LogP contribution >= 0.6 is 0 Å². The van der Waals surface area contributed by atoms with Crippen LogP contribution in [0.15, 0.2) is 24.8 Å². The van der Waals surface area contributed by atoms with Crippen LogP contribution in [0.2, 0.25) is 0 Å². The van der Waals surface area contributed by atoms with Crippen molar-refractivity contribution in [3.63, 3.8) is 0 Å². The number of ketones is 1. The van der Waals surface area contributed by atoms with Gasteiger partial charge in [0.15, 0.2) is 30.1 Å². The maximum absolute atomic E-state index is 13.0. The number of nitrogens with zero attached hydrogens (tertiary/aromatic N) is 1. The first kappa shape index (κ1) is 15.2. The Bertz CT molecular complexity index is 866. The minimum atomic E-state index is -0.423. The van der Waals surface area contributed by atoms with Crippen LogP contribution in [0.4, 0.5) is 0 Å². The van der Waals surface area contributed by atoms with E-state index in [1.165, 1.54) is 11.1 Å². The van der Waals surface area contributed by atoms with Crippen molar-refractivity contribution in [3.05, 3.63) is 35.9 Å². The van der Waals surface area contributed by atoms with Crippen molar-refractivity contribution in [2.45, 2.75) is 48.8 Å². The van der Waals surface area contributed by atoms with E-state index in [4.69, 9.17) is 14.2 Å². The lowest BCUT2D eigenvalue weighted by molar-refractivity contribution is -0.947. The number of hydrogen-bond donors (Lipinski definition) is 0. The van der Waals surface area contributed by atoms with Crippen molar-refractivity contribution in [2.75, 3.05) is 26.9 Å². The smallest absolute Gasteiger partial charge is 0.184 e. The average Bonchev–Trinajstić information content (AvgIpc) is 3.10. The molecule has 3 fully saturated rings. The SMILES string of the molecule is C=CC[N+]12CC[C@]34c5c6ccc(OC)c5O[C@H]3C(=O)CC[C@@]4(OC1)[C@H]2C6. The standard InChI is InChI=1S/C21H24NO4/c1-3-9-22-10-8-20-17-13-4-5-15(24-2)18(17)26-19(20)14(23)6-7-21(20,25-12-22)16(22)11-13/h3-5,16,19H,1,6-12H2,2H3/q+1/t16-,19+,20+,21-,22?/m1/s1. The summed E-state index contributed by atoms with van der Waals surface area (Å²) in [5.74, 6) is 1.76. The molecule has 6 rings (SSSR count). The first-order valence-electron chi connectivity index (χ1n) is 9.62. The molecule has 1 aromatic rings. The highest BCUT2D eigenvalue weighted by Crippen LogP contribution is 2.69. The summed E-state index contributed by atoms with van der Waals surface area (Å²) >= 11 is 0. The van der Waals surface area contributed by atoms with Gasteiger partial charge in [-0.15, -0.1) is 0 Å². The first-order valence-corrected chi connectivity index (χ1v) is 9.62. The van der Waals surface area contributed by atoms with E-state index in [9.17, 15) is 4.79 Å². The van der Waals surface area contributed by atoms with Gasteiger partial charge in [0.2, 0.25) is 0 Å². The molecule has 1 saturated carbocycles. The minimum absolute atomic E-state index is 0.222. The normalized spacial score (nSPS) is 43.7. The highest BCUT2D eigenvalue weighted by Gasteiger charge is 2.80. The van der Waals surface area contributed by atoms with Crippen LogP contribution in [0.25, 0.3) is 0 Å². The van der Waals surface area contributed by atoms with E-state index in [1.54, 1.807) is 7.11 Å². The molecule has 5 atom stereocenters. The van der Waals surface area contributed by atoms with E-state index in [2.05, 4.69) is 12.6 Å². The Labute approximate surface area is 153 Å². The maximum Gasteiger partial charge on any atom is 0.184 e. The summed E-state index contributed by atoms with van der Waals surface area (Å²) in [6.45, 7) is 6.68. The molecule has 1 aromatic carbocycles. The summed E-state index contributed by atoms with van der Waals surface area (Å²) in [4.78, 5) is 13.0. The Balaban J connectivity index is 1.67. The Morgan fingerprint density at radius 2 is 2.31 bits per heavy atom. The third-order valence-electron chi connectivity index (χ3n) is 7.98. The number of hydrogen-bond acceptors (Lipinski definition) is 4. The molecule has 0 radical (unpaired) electrons. The number of piperidine rings is 1. The van der Waals surface area contributed by atoms with Gasteiger partial charge in [-0.3, -0.25) is 9.28 Å². The number of methoxy groups -OCH3 is 1. The number of carbonyl (C=O) groups excluding carboxylic acids is 1. The van der Waals surface area contributed by atoms with Crippen molar-refractivity contribution >= 4 is 5.78 Å². The molecule has 0 amide bonds. The summed E-state index contributed by atoms with van der Waals surface area (Å²) in [6.07, 6.45) is 4.87. The largest absolute Gasteiger partial charge is 0.493 e. The van der Waals surface area contributed by atoms with Gasteiger partial charge in [-0.1, -0.05) is 12.6 Å². The quantitative estimate of drug-likeness (QED) is 0.616. The van der Waals surface area contributed by atoms with Crippen LogP contribution in [-0.2, 0) is 21.4 Å². The third kappa shape index (κ3) is 1.34. The number of carbonyl (C=O) groups is 1. The Morgan fingerprint density at radius 3 is 3.12 bits per heavy atom. The van der Waals surface area contributed by atoms with E-state index < -0.39 is 6.10 Å². The molecule has 1 unspecified atom stereocenters.